The second kappa shape index (κ2) is 5.52. The summed E-state index contributed by atoms with van der Waals surface area (Å²) in [4.78, 5) is 19.9. The molecule has 19 heavy (non-hydrogen) atoms. The van der Waals surface area contributed by atoms with E-state index in [1.807, 2.05) is 20.8 Å². The molecule has 2 atom stereocenters. The summed E-state index contributed by atoms with van der Waals surface area (Å²) in [5, 5.41) is 3.17. The van der Waals surface area contributed by atoms with Gasteiger partial charge in [0.15, 0.2) is 5.75 Å². The highest BCUT2D eigenvalue weighted by molar-refractivity contribution is 5.76. The van der Waals surface area contributed by atoms with Crippen molar-refractivity contribution in [2.24, 2.45) is 0 Å². The Morgan fingerprint density at radius 2 is 2.05 bits per heavy atom. The molecule has 0 bridgehead atoms. The van der Waals surface area contributed by atoms with Gasteiger partial charge in [0.25, 0.3) is 0 Å². The zero-order chi connectivity index (χ0) is 13.9. The summed E-state index contributed by atoms with van der Waals surface area (Å²) >= 11 is 0. The molecule has 0 aromatic carbocycles. The van der Waals surface area contributed by atoms with Crippen molar-refractivity contribution >= 4 is 5.97 Å². The summed E-state index contributed by atoms with van der Waals surface area (Å²) in [7, 11) is 0. The summed E-state index contributed by atoms with van der Waals surface area (Å²) in [5.41, 5.74) is -0.532. The van der Waals surface area contributed by atoms with Crippen LogP contribution < -0.4 is 10.1 Å². The number of nitrogens with one attached hydrogen (secondary N) is 1. The minimum atomic E-state index is -0.668. The van der Waals surface area contributed by atoms with E-state index >= 15 is 0 Å². The van der Waals surface area contributed by atoms with Gasteiger partial charge in [0.1, 0.15) is 11.9 Å². The third-order valence-electron chi connectivity index (χ3n) is 2.67. The van der Waals surface area contributed by atoms with Crippen LogP contribution in [-0.4, -0.2) is 40.2 Å². The minimum Gasteiger partial charge on any atom is -0.474 e. The van der Waals surface area contributed by atoms with Crippen LogP contribution in [0.5, 0.6) is 5.75 Å². The lowest BCUT2D eigenvalue weighted by Gasteiger charge is -2.35. The maximum Gasteiger partial charge on any atom is 0.349 e. The van der Waals surface area contributed by atoms with Gasteiger partial charge in [0.2, 0.25) is 6.10 Å². The molecule has 0 amide bonds. The van der Waals surface area contributed by atoms with Crippen LogP contribution in [0.3, 0.4) is 0 Å². The molecule has 0 saturated carbocycles. The number of rotatable bonds is 4. The van der Waals surface area contributed by atoms with E-state index in [-0.39, 0.29) is 12.0 Å². The number of carbonyl (C=O) groups is 1. The highest BCUT2D eigenvalue weighted by atomic mass is 16.6. The smallest absolute Gasteiger partial charge is 0.349 e. The quantitative estimate of drug-likeness (QED) is 0.816. The summed E-state index contributed by atoms with van der Waals surface area (Å²) in [5.74, 6) is 0.0978. The van der Waals surface area contributed by atoms with Crippen molar-refractivity contribution < 1.29 is 14.3 Å². The molecule has 1 N–H and O–H groups in total. The Bertz CT molecular complexity index is 427. The molecule has 1 aliphatic rings. The predicted molar refractivity (Wildman–Crippen MR) is 68.7 cm³/mol. The number of hydrogen-bond acceptors (Lipinski definition) is 6. The summed E-state index contributed by atoms with van der Waals surface area (Å²) in [6, 6.07) is -0.0185. The van der Waals surface area contributed by atoms with Crippen molar-refractivity contribution in [3.8, 4) is 5.75 Å². The van der Waals surface area contributed by atoms with E-state index in [0.29, 0.717) is 5.75 Å². The molecule has 6 nitrogen and oxygen atoms in total. The fourth-order valence-corrected chi connectivity index (χ4v) is 1.72. The zero-order valence-electron chi connectivity index (χ0n) is 11.4. The maximum atomic E-state index is 12.2. The number of esters is 1. The van der Waals surface area contributed by atoms with Crippen LogP contribution in [0.1, 0.15) is 27.2 Å². The van der Waals surface area contributed by atoms with Crippen molar-refractivity contribution in [3.05, 3.63) is 18.7 Å². The second-order valence-electron chi connectivity index (χ2n) is 5.50. The standard InChI is InChI=1S/C13H19N3O3/c1-13(2,3)19-12(17)11(10-4-5-16-10)18-9-6-14-8-15-7-9/h6-8,10-11,16H,4-5H2,1-3H3/t10-,11?/m0/s1. The molecular weight excluding hydrogens is 246 g/mol. The predicted octanol–water partition coefficient (Wildman–Crippen LogP) is 0.928. The first-order valence-corrected chi connectivity index (χ1v) is 6.33. The summed E-state index contributed by atoms with van der Waals surface area (Å²) < 4.78 is 11.0. The van der Waals surface area contributed by atoms with E-state index in [9.17, 15) is 4.79 Å². The average molecular weight is 265 g/mol. The van der Waals surface area contributed by atoms with Gasteiger partial charge >= 0.3 is 5.97 Å². The molecule has 6 heteroatoms. The third-order valence-corrected chi connectivity index (χ3v) is 2.67. The van der Waals surface area contributed by atoms with E-state index in [1.165, 1.54) is 18.7 Å². The molecule has 0 aliphatic carbocycles. The van der Waals surface area contributed by atoms with Crippen LogP contribution in [-0.2, 0) is 9.53 Å². The minimum absolute atomic E-state index is 0.0185. The van der Waals surface area contributed by atoms with E-state index < -0.39 is 11.7 Å². The number of hydrogen-bond donors (Lipinski definition) is 1. The van der Waals surface area contributed by atoms with E-state index in [1.54, 1.807) is 0 Å². The first-order valence-electron chi connectivity index (χ1n) is 6.33. The lowest BCUT2D eigenvalue weighted by molar-refractivity contribution is -0.165. The lowest BCUT2D eigenvalue weighted by Crippen LogP contribution is -2.57. The molecule has 2 rings (SSSR count). The number of carbonyl (C=O) groups excluding carboxylic acids is 1. The Morgan fingerprint density at radius 3 is 2.53 bits per heavy atom. The van der Waals surface area contributed by atoms with Gasteiger partial charge in [-0.05, 0) is 33.7 Å². The number of aromatic nitrogens is 2. The molecule has 0 radical (unpaired) electrons. The first kappa shape index (κ1) is 13.7. The second-order valence-corrected chi connectivity index (χ2v) is 5.50. The molecular formula is C13H19N3O3. The van der Waals surface area contributed by atoms with E-state index in [0.717, 1.165) is 13.0 Å². The zero-order valence-corrected chi connectivity index (χ0v) is 11.4. The number of nitrogens with zero attached hydrogens (tertiary/aromatic N) is 2. The largest absolute Gasteiger partial charge is 0.474 e. The molecule has 1 fully saturated rings. The van der Waals surface area contributed by atoms with Crippen molar-refractivity contribution in [1.82, 2.24) is 15.3 Å². The molecule has 0 spiro atoms. The van der Waals surface area contributed by atoms with Crippen LogP contribution in [0.15, 0.2) is 18.7 Å². The monoisotopic (exact) mass is 265 g/mol. The number of ether oxygens (including phenoxy) is 2. The van der Waals surface area contributed by atoms with Crippen molar-refractivity contribution in [1.29, 1.82) is 0 Å². The first-order chi connectivity index (χ1) is 8.96. The van der Waals surface area contributed by atoms with Crippen molar-refractivity contribution in [2.75, 3.05) is 6.54 Å². The maximum absolute atomic E-state index is 12.2. The SMILES string of the molecule is CC(C)(C)OC(=O)C(Oc1cncnc1)[C@@H]1CCN1. The van der Waals surface area contributed by atoms with Gasteiger partial charge in [-0.25, -0.2) is 14.8 Å². The van der Waals surface area contributed by atoms with Gasteiger partial charge in [-0.3, -0.25) is 0 Å². The van der Waals surface area contributed by atoms with Gasteiger partial charge in [-0.1, -0.05) is 0 Å². The van der Waals surface area contributed by atoms with E-state index in [4.69, 9.17) is 9.47 Å². The molecule has 104 valence electrons. The Labute approximate surface area is 112 Å². The van der Waals surface area contributed by atoms with Gasteiger partial charge in [-0.2, -0.15) is 0 Å². The molecule has 1 aromatic rings. The fraction of sp³-hybridized carbons (Fsp3) is 0.615. The van der Waals surface area contributed by atoms with Crippen LogP contribution in [0.2, 0.25) is 0 Å². The molecule has 1 saturated heterocycles. The Kier molecular flexibility index (Phi) is 3.99. The topological polar surface area (TPSA) is 73.3 Å². The van der Waals surface area contributed by atoms with E-state index in [2.05, 4.69) is 15.3 Å². The molecule has 1 unspecified atom stereocenters. The average Bonchev–Trinajstić information content (AvgIpc) is 2.25. The Morgan fingerprint density at radius 1 is 1.42 bits per heavy atom. The highest BCUT2D eigenvalue weighted by Gasteiger charge is 2.37. The fourth-order valence-electron chi connectivity index (χ4n) is 1.72. The van der Waals surface area contributed by atoms with Crippen molar-refractivity contribution in [3.63, 3.8) is 0 Å². The van der Waals surface area contributed by atoms with Gasteiger partial charge < -0.3 is 14.8 Å². The molecule has 1 aliphatic heterocycles. The highest BCUT2D eigenvalue weighted by Crippen LogP contribution is 2.19. The normalized spacial score (nSPS) is 20.3. The molecule has 2 heterocycles. The van der Waals surface area contributed by atoms with Crippen LogP contribution in [0.4, 0.5) is 0 Å². The molecule has 1 aromatic heterocycles. The van der Waals surface area contributed by atoms with Crippen LogP contribution >= 0.6 is 0 Å². The van der Waals surface area contributed by atoms with Crippen molar-refractivity contribution in [2.45, 2.75) is 44.9 Å². The van der Waals surface area contributed by atoms with Crippen LogP contribution in [0, 0.1) is 0 Å². The van der Waals surface area contributed by atoms with Gasteiger partial charge in [0.05, 0.1) is 18.4 Å². The summed E-state index contributed by atoms with van der Waals surface area (Å²) in [6.45, 7) is 6.39. The van der Waals surface area contributed by atoms with Crippen LogP contribution in [0.25, 0.3) is 0 Å². The Balaban J connectivity index is 2.06. The van der Waals surface area contributed by atoms with Gasteiger partial charge in [-0.15, -0.1) is 0 Å². The van der Waals surface area contributed by atoms with Gasteiger partial charge in [0, 0.05) is 0 Å². The summed E-state index contributed by atoms with van der Waals surface area (Å²) in [6.07, 6.45) is 4.69. The Hall–Kier alpha value is -1.69. The third kappa shape index (κ3) is 3.89. The lowest BCUT2D eigenvalue weighted by atomic mass is 10.0.